The highest BCUT2D eigenvalue weighted by Gasteiger charge is 2.17. The summed E-state index contributed by atoms with van der Waals surface area (Å²) in [4.78, 5) is 24.6. The van der Waals surface area contributed by atoms with Gasteiger partial charge in [-0.2, -0.15) is 5.10 Å². The Bertz CT molecular complexity index is 1330. The zero-order valence-corrected chi connectivity index (χ0v) is 20.2. The van der Waals surface area contributed by atoms with E-state index < -0.39 is 0 Å². The molecule has 0 radical (unpaired) electrons. The molecule has 6 heteroatoms. The third kappa shape index (κ3) is 6.03. The summed E-state index contributed by atoms with van der Waals surface area (Å²) in [5, 5.41) is 7.54. The second kappa shape index (κ2) is 10.8. The Hall–Kier alpha value is -4.19. The number of Topliss-reactive ketones (excluding diaryl/α,β-unsaturated/α-hetero) is 1. The molecule has 4 aromatic rings. The predicted octanol–water partition coefficient (Wildman–Crippen LogP) is 5.51. The van der Waals surface area contributed by atoms with Crippen molar-refractivity contribution in [2.75, 3.05) is 5.32 Å². The standard InChI is InChI=1S/C29H29N3O3/c1-20-27(21(2)32(31-20)18-25-9-7-8-12-28(25)30-22(3)33)17-29(34)24-15-13-23(14-16-24)19-35-26-10-5-4-6-11-26/h4-16H,17-19H2,1-3H3,(H,30,33). The summed E-state index contributed by atoms with van der Waals surface area (Å²) >= 11 is 0. The third-order valence-electron chi connectivity index (χ3n) is 5.94. The van der Waals surface area contributed by atoms with Crippen molar-refractivity contribution < 1.29 is 14.3 Å². The molecule has 0 fully saturated rings. The van der Waals surface area contributed by atoms with Crippen LogP contribution in [-0.4, -0.2) is 21.5 Å². The summed E-state index contributed by atoms with van der Waals surface area (Å²) in [5.41, 5.74) is 6.10. The lowest BCUT2D eigenvalue weighted by Gasteiger charge is -2.11. The molecule has 0 atom stereocenters. The van der Waals surface area contributed by atoms with Crippen LogP contribution in [0.15, 0.2) is 78.9 Å². The van der Waals surface area contributed by atoms with E-state index in [1.165, 1.54) is 6.92 Å². The quantitative estimate of drug-likeness (QED) is 0.329. The highest BCUT2D eigenvalue weighted by Crippen LogP contribution is 2.21. The molecule has 4 rings (SSSR count). The van der Waals surface area contributed by atoms with Gasteiger partial charge in [0.25, 0.3) is 0 Å². The van der Waals surface area contributed by atoms with Crippen LogP contribution in [0.4, 0.5) is 5.69 Å². The van der Waals surface area contributed by atoms with Gasteiger partial charge in [0, 0.05) is 35.9 Å². The third-order valence-corrected chi connectivity index (χ3v) is 5.94. The van der Waals surface area contributed by atoms with Gasteiger partial charge in [0.1, 0.15) is 12.4 Å². The van der Waals surface area contributed by atoms with Gasteiger partial charge in [-0.3, -0.25) is 14.3 Å². The number of rotatable bonds is 9. The number of ether oxygens (including phenoxy) is 1. The molecular weight excluding hydrogens is 438 g/mol. The van der Waals surface area contributed by atoms with Crippen molar-refractivity contribution >= 4 is 17.4 Å². The Labute approximate surface area is 205 Å². The van der Waals surface area contributed by atoms with Crippen LogP contribution in [0.25, 0.3) is 0 Å². The summed E-state index contributed by atoms with van der Waals surface area (Å²) in [6, 6.07) is 24.9. The van der Waals surface area contributed by atoms with E-state index in [0.717, 1.165) is 39.5 Å². The van der Waals surface area contributed by atoms with Crippen LogP contribution in [0.5, 0.6) is 5.75 Å². The number of para-hydroxylation sites is 2. The summed E-state index contributed by atoms with van der Waals surface area (Å²) in [5.74, 6) is 0.745. The number of anilines is 1. The first-order chi connectivity index (χ1) is 16.9. The van der Waals surface area contributed by atoms with Crippen molar-refractivity contribution in [3.8, 4) is 5.75 Å². The first-order valence-electron chi connectivity index (χ1n) is 11.6. The van der Waals surface area contributed by atoms with E-state index in [1.807, 2.05) is 97.4 Å². The van der Waals surface area contributed by atoms with Gasteiger partial charge in [-0.25, -0.2) is 0 Å². The second-order valence-electron chi connectivity index (χ2n) is 8.54. The average molecular weight is 468 g/mol. The fraction of sp³-hybridized carbons (Fsp3) is 0.207. The minimum absolute atomic E-state index is 0.0462. The summed E-state index contributed by atoms with van der Waals surface area (Å²) in [6.07, 6.45) is 0.283. The number of nitrogens with one attached hydrogen (secondary N) is 1. The van der Waals surface area contributed by atoms with E-state index in [0.29, 0.717) is 18.7 Å². The van der Waals surface area contributed by atoms with Gasteiger partial charge < -0.3 is 10.1 Å². The largest absolute Gasteiger partial charge is 0.489 e. The second-order valence-corrected chi connectivity index (χ2v) is 8.54. The van der Waals surface area contributed by atoms with E-state index in [9.17, 15) is 9.59 Å². The number of aryl methyl sites for hydroxylation is 1. The molecular formula is C29H29N3O3. The maximum atomic E-state index is 13.0. The van der Waals surface area contributed by atoms with E-state index >= 15 is 0 Å². The fourth-order valence-electron chi connectivity index (χ4n) is 4.01. The van der Waals surface area contributed by atoms with Crippen molar-refractivity contribution in [3.05, 3.63) is 113 Å². The molecule has 35 heavy (non-hydrogen) atoms. The Kier molecular flexibility index (Phi) is 7.41. The van der Waals surface area contributed by atoms with E-state index in [-0.39, 0.29) is 18.1 Å². The van der Waals surface area contributed by atoms with E-state index in [4.69, 9.17) is 4.74 Å². The smallest absolute Gasteiger partial charge is 0.221 e. The maximum absolute atomic E-state index is 13.0. The summed E-state index contributed by atoms with van der Waals surface area (Å²) in [7, 11) is 0. The highest BCUT2D eigenvalue weighted by molar-refractivity contribution is 5.97. The van der Waals surface area contributed by atoms with Gasteiger partial charge in [-0.1, -0.05) is 60.7 Å². The zero-order valence-electron chi connectivity index (χ0n) is 20.2. The Morgan fingerprint density at radius 3 is 2.31 bits per heavy atom. The van der Waals surface area contributed by atoms with Crippen molar-refractivity contribution in [2.24, 2.45) is 0 Å². The van der Waals surface area contributed by atoms with Crippen molar-refractivity contribution in [2.45, 2.75) is 40.3 Å². The Morgan fingerprint density at radius 1 is 0.914 bits per heavy atom. The molecule has 1 amide bonds. The molecule has 0 bridgehead atoms. The molecule has 0 spiro atoms. The fourth-order valence-corrected chi connectivity index (χ4v) is 4.01. The lowest BCUT2D eigenvalue weighted by Crippen LogP contribution is -2.11. The SMILES string of the molecule is CC(=O)Nc1ccccc1Cn1nc(C)c(CC(=O)c2ccc(COc3ccccc3)cc2)c1C. The molecule has 1 heterocycles. The number of carbonyl (C=O) groups excluding carboxylic acids is 2. The van der Waals surface area contributed by atoms with Gasteiger partial charge >= 0.3 is 0 Å². The Morgan fingerprint density at radius 2 is 1.60 bits per heavy atom. The van der Waals surface area contributed by atoms with Crippen LogP contribution in [0, 0.1) is 13.8 Å². The lowest BCUT2D eigenvalue weighted by atomic mass is 10.0. The minimum atomic E-state index is -0.116. The highest BCUT2D eigenvalue weighted by atomic mass is 16.5. The lowest BCUT2D eigenvalue weighted by molar-refractivity contribution is -0.114. The molecule has 0 saturated heterocycles. The topological polar surface area (TPSA) is 73.2 Å². The summed E-state index contributed by atoms with van der Waals surface area (Å²) in [6.45, 7) is 6.35. The number of hydrogen-bond acceptors (Lipinski definition) is 4. The molecule has 1 N–H and O–H groups in total. The van der Waals surface area contributed by atoms with Crippen LogP contribution in [0.1, 0.15) is 45.4 Å². The first-order valence-corrected chi connectivity index (χ1v) is 11.6. The van der Waals surface area contributed by atoms with E-state index in [1.54, 1.807) is 0 Å². The number of benzene rings is 3. The van der Waals surface area contributed by atoms with Crippen LogP contribution >= 0.6 is 0 Å². The number of ketones is 1. The molecule has 0 aliphatic carbocycles. The molecule has 0 saturated carbocycles. The minimum Gasteiger partial charge on any atom is -0.489 e. The molecule has 1 aromatic heterocycles. The molecule has 6 nitrogen and oxygen atoms in total. The first kappa shape index (κ1) is 24.0. The van der Waals surface area contributed by atoms with Crippen molar-refractivity contribution in [3.63, 3.8) is 0 Å². The van der Waals surface area contributed by atoms with Gasteiger partial charge in [0.05, 0.1) is 12.2 Å². The monoisotopic (exact) mass is 467 g/mol. The van der Waals surface area contributed by atoms with Gasteiger partial charge in [-0.15, -0.1) is 0 Å². The molecule has 0 aliphatic rings. The van der Waals surface area contributed by atoms with Crippen LogP contribution in [0.2, 0.25) is 0 Å². The zero-order chi connectivity index (χ0) is 24.8. The van der Waals surface area contributed by atoms with Gasteiger partial charge in [0.15, 0.2) is 5.78 Å². The number of carbonyl (C=O) groups is 2. The van der Waals surface area contributed by atoms with Crippen molar-refractivity contribution in [1.29, 1.82) is 0 Å². The molecule has 0 aliphatic heterocycles. The van der Waals surface area contributed by atoms with Crippen LogP contribution in [0.3, 0.4) is 0 Å². The molecule has 178 valence electrons. The summed E-state index contributed by atoms with van der Waals surface area (Å²) < 4.78 is 7.67. The predicted molar refractivity (Wildman–Crippen MR) is 137 cm³/mol. The van der Waals surface area contributed by atoms with Crippen molar-refractivity contribution in [1.82, 2.24) is 9.78 Å². The Balaban J connectivity index is 1.43. The van der Waals surface area contributed by atoms with E-state index in [2.05, 4.69) is 10.4 Å². The van der Waals surface area contributed by atoms with Crippen LogP contribution in [-0.2, 0) is 24.4 Å². The number of hydrogen-bond donors (Lipinski definition) is 1. The number of amides is 1. The average Bonchev–Trinajstić information content (AvgIpc) is 3.12. The number of nitrogens with zero attached hydrogens (tertiary/aromatic N) is 2. The molecule has 3 aromatic carbocycles. The maximum Gasteiger partial charge on any atom is 0.221 e. The van der Waals surface area contributed by atoms with Crippen LogP contribution < -0.4 is 10.1 Å². The molecule has 0 unspecified atom stereocenters. The van der Waals surface area contributed by atoms with Gasteiger partial charge in [-0.05, 0) is 43.2 Å². The normalized spacial score (nSPS) is 10.7. The number of aromatic nitrogens is 2. The van der Waals surface area contributed by atoms with Gasteiger partial charge in [0.2, 0.25) is 5.91 Å².